The van der Waals surface area contributed by atoms with Gasteiger partial charge in [0.05, 0.1) is 11.1 Å². The lowest BCUT2D eigenvalue weighted by Crippen LogP contribution is -2.49. The number of carbonyl (C=O) groups is 2. The predicted molar refractivity (Wildman–Crippen MR) is 125 cm³/mol. The molecule has 0 atom stereocenters. The summed E-state index contributed by atoms with van der Waals surface area (Å²) in [5.74, 6) is 0.338. The maximum atomic E-state index is 14.9. The molecule has 1 saturated carbocycles. The second-order valence-corrected chi connectivity index (χ2v) is 11.1. The lowest BCUT2D eigenvalue weighted by Gasteiger charge is -2.40. The molecule has 1 N–H and O–H groups in total. The molecule has 0 aromatic heterocycles. The Labute approximate surface area is 195 Å². The number of nitrogens with zero attached hydrogens (tertiary/aromatic N) is 3. The van der Waals surface area contributed by atoms with Gasteiger partial charge in [-0.2, -0.15) is 0 Å². The fraction of sp³-hybridized carbons (Fsp3) is 0.680. The highest BCUT2D eigenvalue weighted by Gasteiger charge is 2.56. The number of likely N-dealkylation sites (tertiary alicyclic amines) is 1. The number of piperazine rings is 1. The molecule has 5 rings (SSSR count). The molecule has 2 amide bonds. The maximum absolute atomic E-state index is 14.9. The van der Waals surface area contributed by atoms with Gasteiger partial charge in [0, 0.05) is 51.5 Å². The van der Waals surface area contributed by atoms with Gasteiger partial charge in [0.15, 0.2) is 0 Å². The molecule has 180 valence electrons. The van der Waals surface area contributed by atoms with Crippen molar-refractivity contribution in [2.45, 2.75) is 57.5 Å². The molecular formula is C25H35FN4O3. The summed E-state index contributed by atoms with van der Waals surface area (Å²) in [5, 5.41) is 2.86. The highest BCUT2D eigenvalue weighted by atomic mass is 19.1. The average Bonchev–Trinajstić information content (AvgIpc) is 3.51. The summed E-state index contributed by atoms with van der Waals surface area (Å²) in [7, 11) is 0. The highest BCUT2D eigenvalue weighted by molar-refractivity contribution is 6.08. The van der Waals surface area contributed by atoms with Crippen LogP contribution < -0.4 is 10.2 Å². The zero-order chi connectivity index (χ0) is 23.4. The third-order valence-corrected chi connectivity index (χ3v) is 7.53. The van der Waals surface area contributed by atoms with E-state index in [9.17, 15) is 14.0 Å². The summed E-state index contributed by atoms with van der Waals surface area (Å²) < 4.78 is 20.3. The van der Waals surface area contributed by atoms with Crippen molar-refractivity contribution in [3.05, 3.63) is 23.5 Å². The zero-order valence-corrected chi connectivity index (χ0v) is 20.0. The van der Waals surface area contributed by atoms with E-state index in [0.717, 1.165) is 77.1 Å². The highest BCUT2D eigenvalue weighted by Crippen LogP contribution is 2.56. The zero-order valence-electron chi connectivity index (χ0n) is 20.0. The number of fused-ring (bicyclic) bond motifs is 2. The molecule has 1 aliphatic carbocycles. The summed E-state index contributed by atoms with van der Waals surface area (Å²) in [6.45, 7) is 11.5. The van der Waals surface area contributed by atoms with Crippen LogP contribution in [0.1, 0.15) is 52.0 Å². The molecule has 3 fully saturated rings. The quantitative estimate of drug-likeness (QED) is 0.750. The molecule has 0 bridgehead atoms. The number of piperidine rings is 1. The van der Waals surface area contributed by atoms with E-state index in [0.29, 0.717) is 17.3 Å². The minimum Gasteiger partial charge on any atom is -0.444 e. The van der Waals surface area contributed by atoms with Crippen LogP contribution in [-0.4, -0.2) is 73.2 Å². The van der Waals surface area contributed by atoms with Gasteiger partial charge in [-0.3, -0.25) is 9.69 Å². The second-order valence-electron chi connectivity index (χ2n) is 11.1. The molecule has 1 aromatic rings. The first-order chi connectivity index (χ1) is 15.6. The Bertz CT molecular complexity index is 940. The van der Waals surface area contributed by atoms with Crippen molar-refractivity contribution in [1.82, 2.24) is 9.80 Å². The number of anilines is 2. The Balaban J connectivity index is 1.12. The number of ether oxygens (including phenoxy) is 1. The van der Waals surface area contributed by atoms with Crippen molar-refractivity contribution in [1.29, 1.82) is 0 Å². The number of amides is 2. The number of halogens is 1. The van der Waals surface area contributed by atoms with Gasteiger partial charge in [-0.05, 0) is 70.1 Å². The molecule has 0 radical (unpaired) electrons. The van der Waals surface area contributed by atoms with Gasteiger partial charge in [0.1, 0.15) is 11.4 Å². The molecule has 1 aromatic carbocycles. The van der Waals surface area contributed by atoms with Crippen LogP contribution in [0, 0.1) is 11.7 Å². The topological polar surface area (TPSA) is 65.1 Å². The van der Waals surface area contributed by atoms with Crippen LogP contribution in [0.4, 0.5) is 20.6 Å². The van der Waals surface area contributed by atoms with E-state index >= 15 is 0 Å². The van der Waals surface area contributed by atoms with Crippen molar-refractivity contribution in [2.75, 3.05) is 56.0 Å². The van der Waals surface area contributed by atoms with Crippen molar-refractivity contribution in [3.63, 3.8) is 0 Å². The van der Waals surface area contributed by atoms with Gasteiger partial charge in [-0.25, -0.2) is 9.18 Å². The average molecular weight is 459 g/mol. The number of nitrogens with one attached hydrogen (secondary N) is 1. The number of hydrogen-bond donors (Lipinski definition) is 1. The van der Waals surface area contributed by atoms with E-state index in [1.807, 2.05) is 31.7 Å². The van der Waals surface area contributed by atoms with Crippen LogP contribution in [0.2, 0.25) is 0 Å². The molecule has 4 aliphatic rings. The van der Waals surface area contributed by atoms with Crippen LogP contribution in [0.25, 0.3) is 0 Å². The van der Waals surface area contributed by atoms with Gasteiger partial charge in [0.25, 0.3) is 0 Å². The Morgan fingerprint density at radius 1 is 1.12 bits per heavy atom. The lowest BCUT2D eigenvalue weighted by molar-refractivity contribution is -0.117. The van der Waals surface area contributed by atoms with Crippen LogP contribution >= 0.6 is 0 Å². The molecule has 8 heteroatoms. The van der Waals surface area contributed by atoms with E-state index in [4.69, 9.17) is 4.74 Å². The smallest absolute Gasteiger partial charge is 0.410 e. The Hall–Kier alpha value is -2.35. The summed E-state index contributed by atoms with van der Waals surface area (Å²) in [4.78, 5) is 31.0. The summed E-state index contributed by atoms with van der Waals surface area (Å²) in [6.07, 6.45) is 3.48. The number of carbonyl (C=O) groups excluding carboxylic acids is 2. The van der Waals surface area contributed by atoms with E-state index < -0.39 is 11.0 Å². The molecule has 3 heterocycles. The Morgan fingerprint density at radius 3 is 2.39 bits per heavy atom. The third kappa shape index (κ3) is 4.42. The summed E-state index contributed by atoms with van der Waals surface area (Å²) in [5.41, 5.74) is 1.39. The minimum absolute atomic E-state index is 0.0246. The molecule has 0 unspecified atom stereocenters. The summed E-state index contributed by atoms with van der Waals surface area (Å²) in [6, 6.07) is 3.41. The molecule has 3 aliphatic heterocycles. The lowest BCUT2D eigenvalue weighted by atomic mass is 9.96. The summed E-state index contributed by atoms with van der Waals surface area (Å²) >= 11 is 0. The van der Waals surface area contributed by atoms with Crippen LogP contribution in [0.5, 0.6) is 0 Å². The molecule has 1 spiro atoms. The monoisotopic (exact) mass is 458 g/mol. The normalized spacial score (nSPS) is 23.0. The van der Waals surface area contributed by atoms with Gasteiger partial charge in [-0.1, -0.05) is 0 Å². The van der Waals surface area contributed by atoms with Gasteiger partial charge >= 0.3 is 6.09 Å². The van der Waals surface area contributed by atoms with Crippen molar-refractivity contribution in [3.8, 4) is 0 Å². The predicted octanol–water partition coefficient (Wildman–Crippen LogP) is 3.58. The third-order valence-electron chi connectivity index (χ3n) is 7.53. The fourth-order valence-electron chi connectivity index (χ4n) is 5.45. The Kier molecular flexibility index (Phi) is 5.54. The number of hydrogen-bond acceptors (Lipinski definition) is 5. The van der Waals surface area contributed by atoms with E-state index in [1.54, 1.807) is 0 Å². The van der Waals surface area contributed by atoms with E-state index in [1.165, 1.54) is 6.07 Å². The standard InChI is InChI=1S/C25H35FN4O3/c1-24(2,3)33-23(32)30-8-4-17(5-9-30)16-28-10-12-29(13-11-28)21-14-18-20(15-19(21)26)27-22(31)25(18)6-7-25/h14-15,17H,4-13,16H2,1-3H3,(H,27,31). The number of rotatable bonds is 3. The first-order valence-electron chi connectivity index (χ1n) is 12.3. The van der Waals surface area contributed by atoms with Crippen molar-refractivity contribution < 1.29 is 18.7 Å². The van der Waals surface area contributed by atoms with Gasteiger partial charge in [-0.15, -0.1) is 0 Å². The largest absolute Gasteiger partial charge is 0.444 e. The Morgan fingerprint density at radius 2 is 1.79 bits per heavy atom. The maximum Gasteiger partial charge on any atom is 0.410 e. The fourth-order valence-corrected chi connectivity index (χ4v) is 5.45. The van der Waals surface area contributed by atoms with Crippen molar-refractivity contribution >= 4 is 23.4 Å². The molecular weight excluding hydrogens is 423 g/mol. The molecule has 7 nitrogen and oxygen atoms in total. The van der Waals surface area contributed by atoms with Crippen molar-refractivity contribution in [2.24, 2.45) is 5.92 Å². The minimum atomic E-state index is -0.461. The number of benzene rings is 1. The van der Waals surface area contributed by atoms with Crippen LogP contribution in [0.3, 0.4) is 0 Å². The first kappa shape index (κ1) is 22.4. The van der Waals surface area contributed by atoms with Gasteiger partial charge in [0.2, 0.25) is 5.91 Å². The van der Waals surface area contributed by atoms with E-state index in [-0.39, 0.29) is 17.8 Å². The van der Waals surface area contributed by atoms with Crippen LogP contribution in [-0.2, 0) is 14.9 Å². The second kappa shape index (κ2) is 8.15. The van der Waals surface area contributed by atoms with E-state index in [2.05, 4.69) is 15.1 Å². The van der Waals surface area contributed by atoms with Crippen LogP contribution in [0.15, 0.2) is 12.1 Å². The first-order valence-corrected chi connectivity index (χ1v) is 12.3. The molecule has 33 heavy (non-hydrogen) atoms. The van der Waals surface area contributed by atoms with Gasteiger partial charge < -0.3 is 19.9 Å². The molecule has 2 saturated heterocycles. The SMILES string of the molecule is CC(C)(C)OC(=O)N1CCC(CN2CCN(c3cc4c(cc3F)NC(=O)C43CC3)CC2)CC1.